The molecule has 0 fully saturated rings. The van der Waals surface area contributed by atoms with Crippen LogP contribution in [0.4, 0.5) is 23.4 Å². The van der Waals surface area contributed by atoms with E-state index < -0.39 is 24.1 Å². The number of hydrazine groups is 1. The molecule has 84 valence electrons. The molecule has 1 aromatic rings. The largest absolute Gasteiger partial charge is 0.393 e. The summed E-state index contributed by atoms with van der Waals surface area (Å²) in [6, 6.07) is 0.840. The minimum atomic E-state index is -4.51. The highest BCUT2D eigenvalue weighted by Gasteiger charge is 2.30. The number of pyridine rings is 1. The van der Waals surface area contributed by atoms with Gasteiger partial charge in [-0.05, 0) is 6.07 Å². The fraction of sp³-hybridized carbons (Fsp3) is 0.286. The van der Waals surface area contributed by atoms with E-state index in [0.717, 1.165) is 6.07 Å². The summed E-state index contributed by atoms with van der Waals surface area (Å²) in [5.74, 6) is 3.46. The lowest BCUT2D eigenvalue weighted by Crippen LogP contribution is -2.15. The third kappa shape index (κ3) is 3.21. The van der Waals surface area contributed by atoms with Gasteiger partial charge < -0.3 is 5.43 Å². The van der Waals surface area contributed by atoms with E-state index >= 15 is 0 Å². The van der Waals surface area contributed by atoms with Gasteiger partial charge in [-0.2, -0.15) is 22.5 Å². The van der Waals surface area contributed by atoms with E-state index in [2.05, 4.69) is 4.98 Å². The molecule has 1 aromatic heterocycles. The second-order valence-electron chi connectivity index (χ2n) is 2.71. The van der Waals surface area contributed by atoms with E-state index in [1.54, 1.807) is 0 Å². The molecule has 0 bridgehead atoms. The molecule has 0 atom stereocenters. The van der Waals surface area contributed by atoms with Crippen molar-refractivity contribution in [3.8, 4) is 0 Å². The molecule has 0 spiro atoms. The second kappa shape index (κ2) is 4.19. The van der Waals surface area contributed by atoms with Gasteiger partial charge in [0.25, 0.3) is 0 Å². The van der Waals surface area contributed by atoms with Crippen molar-refractivity contribution in [2.24, 2.45) is 5.84 Å². The predicted octanol–water partition coefficient (Wildman–Crippen LogP) is 2.26. The molecule has 0 aromatic carbocycles. The van der Waals surface area contributed by atoms with Crippen LogP contribution in [0, 0.1) is 5.95 Å². The van der Waals surface area contributed by atoms with Crippen LogP contribution in [-0.4, -0.2) is 11.2 Å². The standard InChI is InChI=1S/C7H6ClF4N3/c8-4-1-3(2-7(10,11)12)5(9)14-6(4)15-13/h1H,2,13H2,(H,14,15). The van der Waals surface area contributed by atoms with Crippen LogP contribution in [0.15, 0.2) is 6.07 Å². The van der Waals surface area contributed by atoms with E-state index in [9.17, 15) is 17.6 Å². The summed E-state index contributed by atoms with van der Waals surface area (Å²) in [7, 11) is 0. The molecule has 0 aliphatic rings. The van der Waals surface area contributed by atoms with Crippen LogP contribution >= 0.6 is 11.6 Å². The number of nitrogens with zero attached hydrogens (tertiary/aromatic N) is 1. The molecule has 15 heavy (non-hydrogen) atoms. The summed E-state index contributed by atoms with van der Waals surface area (Å²) < 4.78 is 48.9. The Hall–Kier alpha value is -1.08. The zero-order valence-corrected chi connectivity index (χ0v) is 7.95. The van der Waals surface area contributed by atoms with Crippen LogP contribution < -0.4 is 11.3 Å². The molecule has 0 saturated heterocycles. The lowest BCUT2D eigenvalue weighted by atomic mass is 10.2. The molecule has 0 amide bonds. The summed E-state index contributed by atoms with van der Waals surface area (Å²) in [5.41, 5.74) is 1.34. The molecule has 0 aliphatic heterocycles. The Bertz CT molecular complexity index is 366. The van der Waals surface area contributed by atoms with E-state index in [4.69, 9.17) is 17.4 Å². The summed E-state index contributed by atoms with van der Waals surface area (Å²) in [4.78, 5) is 3.14. The Morgan fingerprint density at radius 2 is 2.07 bits per heavy atom. The zero-order chi connectivity index (χ0) is 11.6. The highest BCUT2D eigenvalue weighted by molar-refractivity contribution is 6.32. The molecule has 3 N–H and O–H groups in total. The summed E-state index contributed by atoms with van der Waals surface area (Å²) in [6.45, 7) is 0. The first-order chi connectivity index (χ1) is 6.83. The number of nitrogens with two attached hydrogens (primary N) is 1. The molecular weight excluding hydrogens is 238 g/mol. The number of aromatic nitrogens is 1. The molecule has 1 heterocycles. The van der Waals surface area contributed by atoms with Gasteiger partial charge in [0.2, 0.25) is 5.95 Å². The summed E-state index contributed by atoms with van der Waals surface area (Å²) >= 11 is 5.49. The Morgan fingerprint density at radius 3 is 2.53 bits per heavy atom. The van der Waals surface area contributed by atoms with Crippen molar-refractivity contribution in [1.82, 2.24) is 4.98 Å². The van der Waals surface area contributed by atoms with Crippen molar-refractivity contribution in [2.45, 2.75) is 12.6 Å². The molecule has 0 aliphatic carbocycles. The minimum Gasteiger partial charge on any atom is -0.307 e. The van der Waals surface area contributed by atoms with Gasteiger partial charge in [0.15, 0.2) is 5.82 Å². The first kappa shape index (κ1) is 12.0. The fourth-order valence-electron chi connectivity index (χ4n) is 0.945. The van der Waals surface area contributed by atoms with E-state index in [1.807, 2.05) is 5.43 Å². The maximum atomic E-state index is 13.0. The van der Waals surface area contributed by atoms with Crippen molar-refractivity contribution in [3.05, 3.63) is 22.6 Å². The van der Waals surface area contributed by atoms with Gasteiger partial charge in [0.05, 0.1) is 11.4 Å². The zero-order valence-electron chi connectivity index (χ0n) is 7.20. The lowest BCUT2D eigenvalue weighted by Gasteiger charge is -2.09. The number of alkyl halides is 3. The Labute approximate surface area is 87.2 Å². The van der Waals surface area contributed by atoms with E-state index in [-0.39, 0.29) is 10.8 Å². The summed E-state index contributed by atoms with van der Waals surface area (Å²) in [6.07, 6.45) is -5.93. The number of halogens is 5. The highest BCUT2D eigenvalue weighted by atomic mass is 35.5. The molecule has 3 nitrogen and oxygen atoms in total. The van der Waals surface area contributed by atoms with Gasteiger partial charge in [-0.3, -0.25) is 0 Å². The van der Waals surface area contributed by atoms with Gasteiger partial charge >= 0.3 is 6.18 Å². The highest BCUT2D eigenvalue weighted by Crippen LogP contribution is 2.27. The van der Waals surface area contributed by atoms with E-state index in [1.165, 1.54) is 0 Å². The number of rotatable bonds is 2. The van der Waals surface area contributed by atoms with Crippen molar-refractivity contribution < 1.29 is 17.6 Å². The Kier molecular flexibility index (Phi) is 3.35. The summed E-state index contributed by atoms with van der Waals surface area (Å²) in [5, 5.41) is -0.168. The predicted molar refractivity (Wildman–Crippen MR) is 46.8 cm³/mol. The first-order valence-corrected chi connectivity index (χ1v) is 4.09. The molecule has 0 saturated carbocycles. The third-order valence-corrected chi connectivity index (χ3v) is 1.82. The van der Waals surface area contributed by atoms with Gasteiger partial charge in [-0.15, -0.1) is 0 Å². The third-order valence-electron chi connectivity index (χ3n) is 1.53. The first-order valence-electron chi connectivity index (χ1n) is 3.72. The molecule has 1 rings (SSSR count). The maximum Gasteiger partial charge on any atom is 0.393 e. The van der Waals surface area contributed by atoms with Gasteiger partial charge in [-0.1, -0.05) is 11.6 Å². The number of anilines is 1. The van der Waals surface area contributed by atoms with Crippen molar-refractivity contribution in [3.63, 3.8) is 0 Å². The maximum absolute atomic E-state index is 13.0. The minimum absolute atomic E-state index is 0.168. The fourth-order valence-corrected chi connectivity index (χ4v) is 1.17. The number of hydrogen-bond donors (Lipinski definition) is 2. The molecular formula is C7H6ClF4N3. The SMILES string of the molecule is NNc1nc(F)c(CC(F)(F)F)cc1Cl. The van der Waals surface area contributed by atoms with Crippen LogP contribution in [0.1, 0.15) is 5.56 Å². The molecule has 0 unspecified atom stereocenters. The van der Waals surface area contributed by atoms with Crippen LogP contribution in [0.5, 0.6) is 0 Å². The smallest absolute Gasteiger partial charge is 0.307 e. The number of nitrogen functional groups attached to an aromatic ring is 1. The lowest BCUT2D eigenvalue weighted by molar-refractivity contribution is -0.127. The second-order valence-corrected chi connectivity index (χ2v) is 3.11. The Morgan fingerprint density at radius 1 is 1.47 bits per heavy atom. The van der Waals surface area contributed by atoms with Crippen LogP contribution in [-0.2, 0) is 6.42 Å². The van der Waals surface area contributed by atoms with Gasteiger partial charge in [-0.25, -0.2) is 5.84 Å². The number of hydrogen-bond acceptors (Lipinski definition) is 3. The van der Waals surface area contributed by atoms with Crippen molar-refractivity contribution in [1.29, 1.82) is 0 Å². The average Bonchev–Trinajstić information content (AvgIpc) is 2.08. The van der Waals surface area contributed by atoms with Crippen LogP contribution in [0.25, 0.3) is 0 Å². The molecule has 0 radical (unpaired) electrons. The van der Waals surface area contributed by atoms with Crippen molar-refractivity contribution in [2.75, 3.05) is 5.43 Å². The van der Waals surface area contributed by atoms with Crippen LogP contribution in [0.3, 0.4) is 0 Å². The monoisotopic (exact) mass is 243 g/mol. The van der Waals surface area contributed by atoms with Crippen LogP contribution in [0.2, 0.25) is 5.02 Å². The topological polar surface area (TPSA) is 50.9 Å². The Balaban J connectivity index is 3.05. The normalized spacial score (nSPS) is 11.6. The van der Waals surface area contributed by atoms with E-state index in [0.29, 0.717) is 0 Å². The molecule has 8 heteroatoms. The number of nitrogens with one attached hydrogen (secondary N) is 1. The quantitative estimate of drug-likeness (QED) is 0.363. The van der Waals surface area contributed by atoms with Gasteiger partial charge in [0, 0.05) is 5.56 Å². The van der Waals surface area contributed by atoms with Gasteiger partial charge in [0.1, 0.15) is 0 Å². The van der Waals surface area contributed by atoms with Crippen molar-refractivity contribution >= 4 is 17.4 Å². The average molecular weight is 244 g/mol.